The van der Waals surface area contributed by atoms with Crippen LogP contribution in [0.3, 0.4) is 0 Å². The fourth-order valence-electron chi connectivity index (χ4n) is 1.81. The monoisotopic (exact) mass is 309 g/mol. The van der Waals surface area contributed by atoms with E-state index in [-0.39, 0.29) is 12.5 Å². The van der Waals surface area contributed by atoms with Crippen molar-refractivity contribution in [2.45, 2.75) is 6.04 Å². The minimum atomic E-state index is -0.504. The van der Waals surface area contributed by atoms with Gasteiger partial charge in [0, 0.05) is 5.02 Å². The molecule has 5 heteroatoms. The Bertz CT molecular complexity index is 599. The predicted molar refractivity (Wildman–Crippen MR) is 80.2 cm³/mol. The summed E-state index contributed by atoms with van der Waals surface area (Å²) < 4.78 is 0. The smallest absolute Gasteiger partial charge is 0.253 e. The van der Waals surface area contributed by atoms with Crippen molar-refractivity contribution in [1.29, 1.82) is 0 Å². The second-order valence-corrected chi connectivity index (χ2v) is 5.08. The first-order chi connectivity index (χ1) is 9.61. The molecule has 0 spiro atoms. The zero-order valence-corrected chi connectivity index (χ0v) is 12.0. The van der Waals surface area contributed by atoms with E-state index in [2.05, 4.69) is 5.32 Å². The summed E-state index contributed by atoms with van der Waals surface area (Å²) in [5.41, 5.74) is 1.15. The second-order valence-electron chi connectivity index (χ2n) is 4.24. The Morgan fingerprint density at radius 1 is 1.10 bits per heavy atom. The molecular weight excluding hydrogens is 297 g/mol. The van der Waals surface area contributed by atoms with Gasteiger partial charge in [0.05, 0.1) is 23.2 Å². The largest absolute Gasteiger partial charge is 0.394 e. The number of amides is 1. The van der Waals surface area contributed by atoms with E-state index in [4.69, 9.17) is 23.2 Å². The third-order valence-electron chi connectivity index (χ3n) is 2.88. The van der Waals surface area contributed by atoms with Crippen molar-refractivity contribution in [2.24, 2.45) is 0 Å². The minimum absolute atomic E-state index is 0.210. The highest BCUT2D eigenvalue weighted by atomic mass is 35.5. The molecule has 2 aromatic rings. The molecule has 0 saturated heterocycles. The van der Waals surface area contributed by atoms with Gasteiger partial charge in [-0.3, -0.25) is 4.79 Å². The average Bonchev–Trinajstić information content (AvgIpc) is 2.46. The third kappa shape index (κ3) is 3.51. The summed E-state index contributed by atoms with van der Waals surface area (Å²) in [5, 5.41) is 13.1. The van der Waals surface area contributed by atoms with Crippen LogP contribution in [-0.4, -0.2) is 17.6 Å². The fraction of sp³-hybridized carbons (Fsp3) is 0.133. The Hall–Kier alpha value is -1.55. The topological polar surface area (TPSA) is 49.3 Å². The zero-order valence-electron chi connectivity index (χ0n) is 10.5. The van der Waals surface area contributed by atoms with Crippen LogP contribution in [0.15, 0.2) is 48.5 Å². The molecule has 2 N–H and O–H groups in total. The number of aliphatic hydroxyl groups excluding tert-OH is 1. The van der Waals surface area contributed by atoms with Gasteiger partial charge in [-0.25, -0.2) is 0 Å². The van der Waals surface area contributed by atoms with Crippen LogP contribution < -0.4 is 5.32 Å². The Morgan fingerprint density at radius 3 is 2.35 bits per heavy atom. The minimum Gasteiger partial charge on any atom is -0.394 e. The van der Waals surface area contributed by atoms with E-state index in [1.165, 1.54) is 0 Å². The molecule has 20 heavy (non-hydrogen) atoms. The quantitative estimate of drug-likeness (QED) is 0.908. The van der Waals surface area contributed by atoms with E-state index in [1.54, 1.807) is 48.5 Å². The fourth-order valence-corrected chi connectivity index (χ4v) is 2.16. The standard InChI is InChI=1S/C15H13Cl2NO2/c16-11-7-5-10(6-8-11)14(9-19)18-15(20)12-3-1-2-4-13(12)17/h1-8,14,19H,9H2,(H,18,20). The number of aliphatic hydroxyl groups is 1. The normalized spacial score (nSPS) is 11.9. The van der Waals surface area contributed by atoms with E-state index < -0.39 is 6.04 Å². The lowest BCUT2D eigenvalue weighted by atomic mass is 10.1. The van der Waals surface area contributed by atoms with E-state index in [1.807, 2.05) is 0 Å². The van der Waals surface area contributed by atoms with Gasteiger partial charge in [0.2, 0.25) is 0 Å². The number of benzene rings is 2. The van der Waals surface area contributed by atoms with Gasteiger partial charge < -0.3 is 10.4 Å². The van der Waals surface area contributed by atoms with Gasteiger partial charge >= 0.3 is 0 Å². The lowest BCUT2D eigenvalue weighted by Crippen LogP contribution is -2.30. The number of halogens is 2. The van der Waals surface area contributed by atoms with Crippen molar-refractivity contribution in [2.75, 3.05) is 6.61 Å². The van der Waals surface area contributed by atoms with Gasteiger partial charge in [-0.15, -0.1) is 0 Å². The number of nitrogens with one attached hydrogen (secondary N) is 1. The van der Waals surface area contributed by atoms with Gasteiger partial charge in [0.1, 0.15) is 0 Å². The molecular formula is C15H13Cl2NO2. The molecule has 0 saturated carbocycles. The first kappa shape index (κ1) is 14.9. The number of hydrogen-bond acceptors (Lipinski definition) is 2. The lowest BCUT2D eigenvalue weighted by Gasteiger charge is -2.17. The molecule has 2 rings (SSSR count). The number of hydrogen-bond donors (Lipinski definition) is 2. The highest BCUT2D eigenvalue weighted by molar-refractivity contribution is 6.33. The van der Waals surface area contributed by atoms with Crippen molar-refractivity contribution in [3.05, 3.63) is 69.7 Å². The molecule has 1 amide bonds. The zero-order chi connectivity index (χ0) is 14.5. The molecule has 104 valence electrons. The van der Waals surface area contributed by atoms with Crippen molar-refractivity contribution in [3.8, 4) is 0 Å². The van der Waals surface area contributed by atoms with Gasteiger partial charge in [0.25, 0.3) is 5.91 Å². The van der Waals surface area contributed by atoms with Crippen LogP contribution in [0.1, 0.15) is 22.0 Å². The van der Waals surface area contributed by atoms with Crippen LogP contribution in [0.4, 0.5) is 0 Å². The second kappa shape index (κ2) is 6.75. The van der Waals surface area contributed by atoms with Crippen LogP contribution in [0.5, 0.6) is 0 Å². The number of carbonyl (C=O) groups is 1. The van der Waals surface area contributed by atoms with Crippen LogP contribution >= 0.6 is 23.2 Å². The summed E-state index contributed by atoms with van der Waals surface area (Å²) >= 11 is 11.8. The maximum atomic E-state index is 12.1. The Balaban J connectivity index is 2.16. The Kier molecular flexibility index (Phi) is 5.01. The molecule has 1 atom stereocenters. The van der Waals surface area contributed by atoms with E-state index in [9.17, 15) is 9.90 Å². The maximum Gasteiger partial charge on any atom is 0.253 e. The summed E-state index contributed by atoms with van der Waals surface area (Å²) in [4.78, 5) is 12.1. The molecule has 3 nitrogen and oxygen atoms in total. The first-order valence-electron chi connectivity index (χ1n) is 6.03. The summed E-state index contributed by atoms with van der Waals surface area (Å²) in [6.45, 7) is -0.210. The number of rotatable bonds is 4. The molecule has 0 aliphatic rings. The van der Waals surface area contributed by atoms with E-state index in [0.717, 1.165) is 5.56 Å². The van der Waals surface area contributed by atoms with Gasteiger partial charge in [-0.2, -0.15) is 0 Å². The molecule has 0 aliphatic carbocycles. The molecule has 0 radical (unpaired) electrons. The van der Waals surface area contributed by atoms with Gasteiger partial charge in [-0.05, 0) is 29.8 Å². The Labute approximate surface area is 127 Å². The third-order valence-corrected chi connectivity index (χ3v) is 3.46. The highest BCUT2D eigenvalue weighted by Gasteiger charge is 2.16. The van der Waals surface area contributed by atoms with Crippen molar-refractivity contribution < 1.29 is 9.90 Å². The number of carbonyl (C=O) groups excluding carboxylic acids is 1. The molecule has 0 heterocycles. The van der Waals surface area contributed by atoms with Crippen molar-refractivity contribution >= 4 is 29.1 Å². The van der Waals surface area contributed by atoms with Crippen LogP contribution in [0, 0.1) is 0 Å². The van der Waals surface area contributed by atoms with Crippen LogP contribution in [-0.2, 0) is 0 Å². The molecule has 0 aromatic heterocycles. The SMILES string of the molecule is O=C(NC(CO)c1ccc(Cl)cc1)c1ccccc1Cl. The van der Waals surface area contributed by atoms with Crippen LogP contribution in [0.2, 0.25) is 10.0 Å². The van der Waals surface area contributed by atoms with Gasteiger partial charge in [0.15, 0.2) is 0 Å². The molecule has 0 bridgehead atoms. The summed E-state index contributed by atoms with van der Waals surface area (Å²) in [6.07, 6.45) is 0. The lowest BCUT2D eigenvalue weighted by molar-refractivity contribution is 0.0916. The van der Waals surface area contributed by atoms with Gasteiger partial charge in [-0.1, -0.05) is 47.5 Å². The molecule has 2 aromatic carbocycles. The summed E-state index contributed by atoms with van der Waals surface area (Å²) in [7, 11) is 0. The Morgan fingerprint density at radius 2 is 1.75 bits per heavy atom. The molecule has 0 fully saturated rings. The first-order valence-corrected chi connectivity index (χ1v) is 6.79. The summed E-state index contributed by atoms with van der Waals surface area (Å²) in [5.74, 6) is -0.329. The predicted octanol–water partition coefficient (Wildman–Crippen LogP) is 3.46. The molecule has 0 aliphatic heterocycles. The van der Waals surface area contributed by atoms with E-state index in [0.29, 0.717) is 15.6 Å². The van der Waals surface area contributed by atoms with Crippen molar-refractivity contribution in [3.63, 3.8) is 0 Å². The average molecular weight is 310 g/mol. The maximum absolute atomic E-state index is 12.1. The summed E-state index contributed by atoms with van der Waals surface area (Å²) in [6, 6.07) is 13.2. The van der Waals surface area contributed by atoms with E-state index >= 15 is 0 Å². The van der Waals surface area contributed by atoms with Crippen molar-refractivity contribution in [1.82, 2.24) is 5.32 Å². The highest BCUT2D eigenvalue weighted by Crippen LogP contribution is 2.19. The molecule has 1 unspecified atom stereocenters. The van der Waals surface area contributed by atoms with Crippen LogP contribution in [0.25, 0.3) is 0 Å².